The molecule has 2 rings (SSSR count). The van der Waals surface area contributed by atoms with Crippen molar-refractivity contribution in [2.45, 2.75) is 30.2 Å². The summed E-state index contributed by atoms with van der Waals surface area (Å²) in [5.74, 6) is 0.928. The number of amides is 1. The van der Waals surface area contributed by atoms with E-state index in [-0.39, 0.29) is 11.2 Å². The molecule has 0 aliphatic rings. The monoisotopic (exact) mass is 304 g/mol. The molecule has 21 heavy (non-hydrogen) atoms. The molecule has 2 aromatic rings. The zero-order valence-corrected chi connectivity index (χ0v) is 13.4. The molecule has 6 heteroatoms. The van der Waals surface area contributed by atoms with Gasteiger partial charge in [-0.25, -0.2) is 0 Å². The molecule has 1 N–H and O–H groups in total. The lowest BCUT2D eigenvalue weighted by Gasteiger charge is -2.14. The first-order valence-corrected chi connectivity index (χ1v) is 7.84. The fourth-order valence-electron chi connectivity index (χ4n) is 2.06. The van der Waals surface area contributed by atoms with E-state index in [0.717, 1.165) is 23.0 Å². The van der Waals surface area contributed by atoms with Gasteiger partial charge in [-0.15, -0.1) is 10.2 Å². The highest BCUT2D eigenvalue weighted by Gasteiger charge is 2.22. The SMILES string of the molecule is CCc1nnc(S[C@@H](Cc2ccccc2)C(=O)NC)n1C. The molecule has 0 aliphatic carbocycles. The second-order valence-corrected chi connectivity index (χ2v) is 5.89. The minimum atomic E-state index is -0.218. The van der Waals surface area contributed by atoms with Gasteiger partial charge in [0.15, 0.2) is 5.16 Å². The van der Waals surface area contributed by atoms with E-state index < -0.39 is 0 Å². The Morgan fingerprint density at radius 3 is 2.62 bits per heavy atom. The third-order valence-electron chi connectivity index (χ3n) is 3.29. The molecule has 5 nitrogen and oxygen atoms in total. The van der Waals surface area contributed by atoms with E-state index in [0.29, 0.717) is 6.42 Å². The molecule has 1 aromatic carbocycles. The summed E-state index contributed by atoms with van der Waals surface area (Å²) in [6.45, 7) is 2.04. The average molecular weight is 304 g/mol. The molecule has 0 spiro atoms. The fraction of sp³-hybridized carbons (Fsp3) is 0.400. The van der Waals surface area contributed by atoms with Gasteiger partial charge < -0.3 is 9.88 Å². The molecule has 0 saturated heterocycles. The Kier molecular flexibility index (Phi) is 5.38. The summed E-state index contributed by atoms with van der Waals surface area (Å²) in [4.78, 5) is 12.1. The number of nitrogens with one attached hydrogen (secondary N) is 1. The first kappa shape index (κ1) is 15.6. The average Bonchev–Trinajstić information content (AvgIpc) is 2.87. The number of nitrogens with zero attached hydrogens (tertiary/aromatic N) is 3. The van der Waals surface area contributed by atoms with Crippen LogP contribution in [0.4, 0.5) is 0 Å². The van der Waals surface area contributed by atoms with Crippen LogP contribution in [0.2, 0.25) is 0 Å². The Balaban J connectivity index is 2.16. The van der Waals surface area contributed by atoms with E-state index in [9.17, 15) is 4.79 Å². The van der Waals surface area contributed by atoms with E-state index in [1.165, 1.54) is 11.8 Å². The molecule has 0 radical (unpaired) electrons. The maximum absolute atomic E-state index is 12.1. The third kappa shape index (κ3) is 3.85. The predicted octanol–water partition coefficient (Wildman–Crippen LogP) is 1.83. The van der Waals surface area contributed by atoms with E-state index in [1.54, 1.807) is 7.05 Å². The highest BCUT2D eigenvalue weighted by molar-refractivity contribution is 8.00. The number of aromatic nitrogens is 3. The molecule has 112 valence electrons. The summed E-state index contributed by atoms with van der Waals surface area (Å²) in [5.41, 5.74) is 1.14. The van der Waals surface area contributed by atoms with Crippen LogP contribution in [-0.4, -0.2) is 33.0 Å². The van der Waals surface area contributed by atoms with Crippen molar-refractivity contribution in [3.8, 4) is 0 Å². The molecule has 1 aromatic heterocycles. The Hall–Kier alpha value is -1.82. The Morgan fingerprint density at radius 2 is 2.05 bits per heavy atom. The molecule has 0 unspecified atom stereocenters. The lowest BCUT2D eigenvalue weighted by molar-refractivity contribution is -0.120. The van der Waals surface area contributed by atoms with Crippen LogP contribution in [0.1, 0.15) is 18.3 Å². The van der Waals surface area contributed by atoms with E-state index in [2.05, 4.69) is 15.5 Å². The summed E-state index contributed by atoms with van der Waals surface area (Å²) < 4.78 is 1.95. The molecular weight excluding hydrogens is 284 g/mol. The zero-order valence-electron chi connectivity index (χ0n) is 12.5. The zero-order chi connectivity index (χ0) is 15.2. The van der Waals surface area contributed by atoms with Crippen molar-refractivity contribution < 1.29 is 4.79 Å². The van der Waals surface area contributed by atoms with Crippen LogP contribution >= 0.6 is 11.8 Å². The summed E-state index contributed by atoms with van der Waals surface area (Å²) >= 11 is 1.46. The lowest BCUT2D eigenvalue weighted by Crippen LogP contribution is -2.31. The van der Waals surface area contributed by atoms with Crippen LogP contribution in [0.15, 0.2) is 35.5 Å². The molecule has 1 heterocycles. The minimum absolute atomic E-state index is 0.00454. The Bertz CT molecular complexity index is 597. The van der Waals surface area contributed by atoms with E-state index in [4.69, 9.17) is 0 Å². The van der Waals surface area contributed by atoms with Crippen LogP contribution < -0.4 is 5.32 Å². The van der Waals surface area contributed by atoms with Gasteiger partial charge in [0.2, 0.25) is 5.91 Å². The fourth-order valence-corrected chi connectivity index (χ4v) is 3.17. The number of hydrogen-bond donors (Lipinski definition) is 1. The van der Waals surface area contributed by atoms with Gasteiger partial charge in [0.1, 0.15) is 5.82 Å². The van der Waals surface area contributed by atoms with Gasteiger partial charge in [-0.05, 0) is 12.0 Å². The van der Waals surface area contributed by atoms with E-state index in [1.807, 2.05) is 48.9 Å². The summed E-state index contributed by atoms with van der Waals surface area (Å²) in [5, 5.41) is 11.6. The molecule has 1 atom stereocenters. The number of aryl methyl sites for hydroxylation is 1. The lowest BCUT2D eigenvalue weighted by atomic mass is 10.1. The number of thioether (sulfide) groups is 1. The van der Waals surface area contributed by atoms with Crippen molar-refractivity contribution in [2.24, 2.45) is 7.05 Å². The largest absolute Gasteiger partial charge is 0.358 e. The summed E-state index contributed by atoms with van der Waals surface area (Å²) in [6.07, 6.45) is 1.49. The normalized spacial score (nSPS) is 12.1. The smallest absolute Gasteiger partial charge is 0.233 e. The van der Waals surface area contributed by atoms with Crippen LogP contribution in [0, 0.1) is 0 Å². The molecule has 0 aliphatic heterocycles. The van der Waals surface area contributed by atoms with Crippen molar-refractivity contribution in [2.75, 3.05) is 7.05 Å². The number of benzene rings is 1. The standard InChI is InChI=1S/C15H20N4OS/c1-4-13-17-18-15(19(13)3)21-12(14(20)16-2)10-11-8-6-5-7-9-11/h5-9,12H,4,10H2,1-3H3,(H,16,20)/t12-/m0/s1. The van der Waals surface area contributed by atoms with Gasteiger partial charge in [0, 0.05) is 20.5 Å². The van der Waals surface area contributed by atoms with Crippen molar-refractivity contribution >= 4 is 17.7 Å². The third-order valence-corrected chi connectivity index (χ3v) is 4.52. The molecule has 0 fully saturated rings. The number of carbonyl (C=O) groups is 1. The predicted molar refractivity (Wildman–Crippen MR) is 84.2 cm³/mol. The first-order chi connectivity index (χ1) is 10.2. The Labute approximate surface area is 129 Å². The molecular formula is C15H20N4OS. The summed E-state index contributed by atoms with van der Waals surface area (Å²) in [6, 6.07) is 10.0. The number of carbonyl (C=O) groups excluding carboxylic acids is 1. The first-order valence-electron chi connectivity index (χ1n) is 6.96. The van der Waals surface area contributed by atoms with Gasteiger partial charge in [0.25, 0.3) is 0 Å². The van der Waals surface area contributed by atoms with Crippen LogP contribution in [0.5, 0.6) is 0 Å². The van der Waals surface area contributed by atoms with E-state index >= 15 is 0 Å². The highest BCUT2D eigenvalue weighted by atomic mass is 32.2. The van der Waals surface area contributed by atoms with Crippen LogP contribution in [-0.2, 0) is 24.7 Å². The minimum Gasteiger partial charge on any atom is -0.358 e. The number of hydrogen-bond acceptors (Lipinski definition) is 4. The topological polar surface area (TPSA) is 59.8 Å². The van der Waals surface area contributed by atoms with Crippen molar-refractivity contribution in [3.63, 3.8) is 0 Å². The molecule has 0 saturated carbocycles. The highest BCUT2D eigenvalue weighted by Crippen LogP contribution is 2.24. The molecule has 1 amide bonds. The van der Waals surface area contributed by atoms with Gasteiger partial charge in [-0.1, -0.05) is 49.0 Å². The van der Waals surface area contributed by atoms with Crippen LogP contribution in [0.25, 0.3) is 0 Å². The van der Waals surface area contributed by atoms with Gasteiger partial charge in [-0.2, -0.15) is 0 Å². The second-order valence-electron chi connectivity index (χ2n) is 4.72. The second kappa shape index (κ2) is 7.26. The maximum atomic E-state index is 12.1. The quantitative estimate of drug-likeness (QED) is 0.827. The van der Waals surface area contributed by atoms with Crippen molar-refractivity contribution in [1.29, 1.82) is 0 Å². The van der Waals surface area contributed by atoms with Crippen molar-refractivity contribution in [3.05, 3.63) is 41.7 Å². The Morgan fingerprint density at radius 1 is 1.33 bits per heavy atom. The van der Waals surface area contributed by atoms with Gasteiger partial charge in [0.05, 0.1) is 5.25 Å². The number of rotatable bonds is 6. The van der Waals surface area contributed by atoms with Crippen molar-refractivity contribution in [1.82, 2.24) is 20.1 Å². The van der Waals surface area contributed by atoms with Crippen LogP contribution in [0.3, 0.4) is 0 Å². The van der Waals surface area contributed by atoms with Gasteiger partial charge in [-0.3, -0.25) is 4.79 Å². The molecule has 0 bridgehead atoms. The van der Waals surface area contributed by atoms with Gasteiger partial charge >= 0.3 is 0 Å². The summed E-state index contributed by atoms with van der Waals surface area (Å²) in [7, 11) is 3.60. The maximum Gasteiger partial charge on any atom is 0.233 e.